The second-order valence-electron chi connectivity index (χ2n) is 6.35. The normalized spacial score (nSPS) is 17.6. The lowest BCUT2D eigenvalue weighted by molar-refractivity contribution is 0.110. The van der Waals surface area contributed by atoms with Crippen LogP contribution in [-0.4, -0.2) is 25.7 Å². The van der Waals surface area contributed by atoms with Crippen LogP contribution in [0.25, 0.3) is 0 Å². The molecule has 1 aliphatic carbocycles. The molecule has 0 radical (unpaired) electrons. The van der Waals surface area contributed by atoms with E-state index in [2.05, 4.69) is 4.72 Å². The third-order valence-corrected chi connectivity index (χ3v) is 7.02. The predicted octanol–water partition coefficient (Wildman–Crippen LogP) is 2.42. The largest absolute Gasteiger partial charge is 0.394 e. The molecule has 2 N–H and O–H groups in total. The summed E-state index contributed by atoms with van der Waals surface area (Å²) in [5.74, 6) is 0. The number of aliphatic hydroxyl groups excluding tert-OH is 1. The van der Waals surface area contributed by atoms with Crippen LogP contribution in [0, 0.1) is 34.6 Å². The van der Waals surface area contributed by atoms with Crippen molar-refractivity contribution in [3.8, 4) is 0 Å². The van der Waals surface area contributed by atoms with E-state index in [4.69, 9.17) is 0 Å². The summed E-state index contributed by atoms with van der Waals surface area (Å²) in [6.07, 6.45) is 2.35. The van der Waals surface area contributed by atoms with Crippen molar-refractivity contribution in [1.29, 1.82) is 0 Å². The Bertz CT molecular complexity index is 639. The van der Waals surface area contributed by atoms with Gasteiger partial charge in [-0.05, 0) is 81.7 Å². The lowest BCUT2D eigenvalue weighted by Crippen LogP contribution is -2.56. The molecule has 0 bridgehead atoms. The third-order valence-electron chi connectivity index (χ3n) is 5.16. The molecule has 0 atom stereocenters. The highest BCUT2D eigenvalue weighted by molar-refractivity contribution is 7.89. The summed E-state index contributed by atoms with van der Waals surface area (Å²) in [5, 5.41) is 9.51. The van der Waals surface area contributed by atoms with Gasteiger partial charge in [0.25, 0.3) is 0 Å². The van der Waals surface area contributed by atoms with Crippen molar-refractivity contribution >= 4 is 10.0 Å². The molecule has 21 heavy (non-hydrogen) atoms. The zero-order chi connectivity index (χ0) is 16.0. The van der Waals surface area contributed by atoms with Gasteiger partial charge in [-0.15, -0.1) is 0 Å². The van der Waals surface area contributed by atoms with Gasteiger partial charge in [0.1, 0.15) is 0 Å². The van der Waals surface area contributed by atoms with Crippen LogP contribution in [0.15, 0.2) is 4.90 Å². The third kappa shape index (κ3) is 2.62. The van der Waals surface area contributed by atoms with Crippen LogP contribution in [-0.2, 0) is 10.0 Å². The van der Waals surface area contributed by atoms with Gasteiger partial charge in [0.05, 0.1) is 17.0 Å². The van der Waals surface area contributed by atoms with E-state index < -0.39 is 15.6 Å². The van der Waals surface area contributed by atoms with E-state index in [9.17, 15) is 13.5 Å². The summed E-state index contributed by atoms with van der Waals surface area (Å²) in [4.78, 5) is 0.378. The van der Waals surface area contributed by atoms with Gasteiger partial charge in [0.2, 0.25) is 10.0 Å². The van der Waals surface area contributed by atoms with E-state index in [-0.39, 0.29) is 6.61 Å². The lowest BCUT2D eigenvalue weighted by Gasteiger charge is -2.40. The van der Waals surface area contributed by atoms with Crippen molar-refractivity contribution < 1.29 is 13.5 Å². The summed E-state index contributed by atoms with van der Waals surface area (Å²) in [6, 6.07) is 0. The van der Waals surface area contributed by atoms with E-state index >= 15 is 0 Å². The van der Waals surface area contributed by atoms with Crippen molar-refractivity contribution in [2.24, 2.45) is 0 Å². The van der Waals surface area contributed by atoms with E-state index in [1.165, 1.54) is 0 Å². The second-order valence-corrected chi connectivity index (χ2v) is 7.97. The van der Waals surface area contributed by atoms with Crippen molar-refractivity contribution in [2.75, 3.05) is 6.61 Å². The molecule has 5 heteroatoms. The Morgan fingerprint density at radius 1 is 0.952 bits per heavy atom. The van der Waals surface area contributed by atoms with E-state index in [0.717, 1.165) is 34.2 Å². The molecule has 2 rings (SSSR count). The standard InChI is InChI=1S/C16H25NO3S/c1-10-11(2)13(4)15(14(5)12(10)3)21(19,20)17-16(9-18)7-6-8-16/h17-18H,6-9H2,1-5H3. The summed E-state index contributed by atoms with van der Waals surface area (Å²) in [6.45, 7) is 9.51. The molecule has 1 aromatic carbocycles. The molecule has 0 unspecified atom stereocenters. The SMILES string of the molecule is Cc1c(C)c(C)c(S(=O)(=O)NC2(CO)CCC2)c(C)c1C. The number of rotatable bonds is 4. The molecule has 1 fully saturated rings. The minimum atomic E-state index is -3.62. The van der Waals surface area contributed by atoms with Gasteiger partial charge in [0, 0.05) is 0 Å². The molecular weight excluding hydrogens is 286 g/mol. The Balaban J connectivity index is 2.55. The average Bonchev–Trinajstić information content (AvgIpc) is 2.38. The fraction of sp³-hybridized carbons (Fsp3) is 0.625. The smallest absolute Gasteiger partial charge is 0.241 e. The zero-order valence-corrected chi connectivity index (χ0v) is 14.3. The Morgan fingerprint density at radius 3 is 1.71 bits per heavy atom. The molecule has 0 heterocycles. The average molecular weight is 311 g/mol. The van der Waals surface area contributed by atoms with Gasteiger partial charge in [-0.2, -0.15) is 0 Å². The van der Waals surface area contributed by atoms with Crippen molar-refractivity contribution in [3.63, 3.8) is 0 Å². The molecule has 1 saturated carbocycles. The van der Waals surface area contributed by atoms with Crippen LogP contribution < -0.4 is 4.72 Å². The van der Waals surface area contributed by atoms with Gasteiger partial charge < -0.3 is 5.11 Å². The summed E-state index contributed by atoms with van der Waals surface area (Å²) < 4.78 is 28.4. The Morgan fingerprint density at radius 2 is 1.38 bits per heavy atom. The van der Waals surface area contributed by atoms with Crippen LogP contribution in [0.3, 0.4) is 0 Å². The minimum absolute atomic E-state index is 0.145. The number of hydrogen-bond donors (Lipinski definition) is 2. The van der Waals surface area contributed by atoms with Crippen LogP contribution in [0.5, 0.6) is 0 Å². The van der Waals surface area contributed by atoms with Crippen molar-refractivity contribution in [3.05, 3.63) is 27.8 Å². The molecule has 0 amide bonds. The summed E-state index contributed by atoms with van der Waals surface area (Å²) in [5.41, 5.74) is 4.12. The number of aliphatic hydroxyl groups is 1. The Labute approximate surface area is 127 Å². The lowest BCUT2D eigenvalue weighted by atomic mass is 9.78. The van der Waals surface area contributed by atoms with Gasteiger partial charge in [-0.3, -0.25) is 0 Å². The molecule has 1 aromatic rings. The number of benzene rings is 1. The Kier molecular flexibility index (Phi) is 4.21. The quantitative estimate of drug-likeness (QED) is 0.897. The van der Waals surface area contributed by atoms with Crippen molar-refractivity contribution in [2.45, 2.75) is 64.3 Å². The first-order chi connectivity index (χ1) is 9.65. The molecule has 4 nitrogen and oxygen atoms in total. The first kappa shape index (κ1) is 16.5. The predicted molar refractivity (Wildman–Crippen MR) is 84.1 cm³/mol. The van der Waals surface area contributed by atoms with E-state index in [1.807, 2.05) is 34.6 Å². The monoisotopic (exact) mass is 311 g/mol. The van der Waals surface area contributed by atoms with Gasteiger partial charge in [-0.1, -0.05) is 0 Å². The fourth-order valence-electron chi connectivity index (χ4n) is 3.10. The fourth-order valence-corrected chi connectivity index (χ4v) is 5.15. The number of nitrogens with one attached hydrogen (secondary N) is 1. The second kappa shape index (κ2) is 5.38. The molecule has 118 valence electrons. The maximum absolute atomic E-state index is 12.8. The van der Waals surface area contributed by atoms with E-state index in [0.29, 0.717) is 17.7 Å². The number of sulfonamides is 1. The Hall–Kier alpha value is -0.910. The highest BCUT2D eigenvalue weighted by atomic mass is 32.2. The molecular formula is C16H25NO3S. The summed E-state index contributed by atoms with van der Waals surface area (Å²) in [7, 11) is -3.62. The van der Waals surface area contributed by atoms with Crippen LogP contribution >= 0.6 is 0 Å². The molecule has 0 aromatic heterocycles. The van der Waals surface area contributed by atoms with Crippen LogP contribution in [0.2, 0.25) is 0 Å². The maximum Gasteiger partial charge on any atom is 0.241 e. The van der Waals surface area contributed by atoms with Crippen molar-refractivity contribution in [1.82, 2.24) is 4.72 Å². The topological polar surface area (TPSA) is 66.4 Å². The van der Waals surface area contributed by atoms with Gasteiger partial charge >= 0.3 is 0 Å². The minimum Gasteiger partial charge on any atom is -0.394 e. The first-order valence-corrected chi connectivity index (χ1v) is 8.85. The zero-order valence-electron chi connectivity index (χ0n) is 13.5. The van der Waals surface area contributed by atoms with E-state index in [1.54, 1.807) is 0 Å². The van der Waals surface area contributed by atoms with Crippen LogP contribution in [0.4, 0.5) is 0 Å². The maximum atomic E-state index is 12.8. The summed E-state index contributed by atoms with van der Waals surface area (Å²) >= 11 is 0. The molecule has 0 aliphatic heterocycles. The first-order valence-electron chi connectivity index (χ1n) is 7.37. The number of hydrogen-bond acceptors (Lipinski definition) is 3. The molecule has 0 spiro atoms. The van der Waals surface area contributed by atoms with Crippen LogP contribution in [0.1, 0.15) is 47.1 Å². The molecule has 1 aliphatic rings. The highest BCUT2D eigenvalue weighted by Crippen LogP contribution is 2.35. The van der Waals surface area contributed by atoms with Gasteiger partial charge in [0.15, 0.2) is 0 Å². The highest BCUT2D eigenvalue weighted by Gasteiger charge is 2.41. The molecule has 0 saturated heterocycles. The van der Waals surface area contributed by atoms with Gasteiger partial charge in [-0.25, -0.2) is 13.1 Å².